The summed E-state index contributed by atoms with van der Waals surface area (Å²) in [7, 11) is 0. The van der Waals surface area contributed by atoms with E-state index in [0.29, 0.717) is 0 Å². The van der Waals surface area contributed by atoms with Crippen LogP contribution < -0.4 is 0 Å². The van der Waals surface area contributed by atoms with Gasteiger partial charge < -0.3 is 10.2 Å². The van der Waals surface area contributed by atoms with Crippen molar-refractivity contribution in [2.24, 2.45) is 0 Å². The van der Waals surface area contributed by atoms with Crippen LogP contribution in [-0.2, 0) is 0 Å². The Hall–Kier alpha value is -2.65. The lowest BCUT2D eigenvalue weighted by atomic mass is 10.0. The van der Waals surface area contributed by atoms with E-state index in [9.17, 15) is 10.2 Å². The Morgan fingerprint density at radius 2 is 1.84 bits per heavy atom. The van der Waals surface area contributed by atoms with Crippen molar-refractivity contribution >= 4 is 16.8 Å². The zero-order valence-electron chi connectivity index (χ0n) is 14.4. The van der Waals surface area contributed by atoms with Gasteiger partial charge in [0.15, 0.2) is 0 Å². The molecule has 3 heteroatoms. The molecule has 3 nitrogen and oxygen atoms in total. The second-order valence-corrected chi connectivity index (χ2v) is 6.41. The van der Waals surface area contributed by atoms with Crippen LogP contribution in [0.25, 0.3) is 28.1 Å². The van der Waals surface area contributed by atoms with Gasteiger partial charge >= 0.3 is 0 Å². The van der Waals surface area contributed by atoms with Gasteiger partial charge in [-0.05, 0) is 55.3 Å². The molecule has 0 saturated heterocycles. The first-order valence-electron chi connectivity index (χ1n) is 8.65. The number of benzene rings is 2. The quantitative estimate of drug-likeness (QED) is 0.612. The lowest BCUT2D eigenvalue weighted by Crippen LogP contribution is -1.97. The predicted molar refractivity (Wildman–Crippen MR) is 103 cm³/mol. The van der Waals surface area contributed by atoms with Crippen molar-refractivity contribution in [2.45, 2.75) is 32.3 Å². The van der Waals surface area contributed by atoms with Gasteiger partial charge in [-0.15, -0.1) is 0 Å². The first-order valence-corrected chi connectivity index (χ1v) is 8.65. The summed E-state index contributed by atoms with van der Waals surface area (Å²) in [5.41, 5.74) is 3.15. The number of allylic oxidation sites excluding steroid dienone is 1. The maximum Gasteiger partial charge on any atom is 0.116 e. The molecular weight excluding hydrogens is 310 g/mol. The largest absolute Gasteiger partial charge is 0.508 e. The van der Waals surface area contributed by atoms with Crippen molar-refractivity contribution in [2.75, 3.05) is 0 Å². The average molecular weight is 333 g/mol. The van der Waals surface area contributed by atoms with Crippen molar-refractivity contribution < 1.29 is 10.2 Å². The summed E-state index contributed by atoms with van der Waals surface area (Å²) in [5.74, 6) is 0.256. The van der Waals surface area contributed by atoms with Gasteiger partial charge in [0.2, 0.25) is 0 Å². The number of unbranched alkanes of at least 4 members (excludes halogenated alkanes) is 1. The number of hydrogen-bond donors (Lipinski definition) is 2. The highest BCUT2D eigenvalue weighted by Gasteiger charge is 2.02. The summed E-state index contributed by atoms with van der Waals surface area (Å²) < 4.78 is 0. The second kappa shape index (κ2) is 7.95. The molecule has 1 atom stereocenters. The number of phenolic OH excluding ortho intramolecular Hbond substituents is 1. The fraction of sp³-hybridized carbons (Fsp3) is 0.227. The molecule has 3 aromatic rings. The fourth-order valence-corrected chi connectivity index (χ4v) is 2.80. The van der Waals surface area contributed by atoms with Crippen LogP contribution in [0.15, 0.2) is 60.8 Å². The maximum atomic E-state index is 9.53. The Bertz CT molecular complexity index is 867. The highest BCUT2D eigenvalue weighted by Crippen LogP contribution is 2.25. The molecule has 2 aromatic carbocycles. The van der Waals surface area contributed by atoms with Crippen LogP contribution >= 0.6 is 0 Å². The Labute approximate surface area is 148 Å². The third-order valence-corrected chi connectivity index (χ3v) is 4.21. The van der Waals surface area contributed by atoms with E-state index >= 15 is 0 Å². The molecule has 0 spiro atoms. The molecule has 3 rings (SSSR count). The molecule has 1 aromatic heterocycles. The number of aliphatic hydroxyl groups excluding tert-OH is 1. The minimum Gasteiger partial charge on any atom is -0.508 e. The number of pyridine rings is 1. The van der Waals surface area contributed by atoms with E-state index in [1.165, 1.54) is 0 Å². The monoisotopic (exact) mass is 333 g/mol. The number of hydrogen-bond acceptors (Lipinski definition) is 3. The van der Waals surface area contributed by atoms with Crippen molar-refractivity contribution in [3.63, 3.8) is 0 Å². The van der Waals surface area contributed by atoms with Gasteiger partial charge in [-0.3, -0.25) is 4.98 Å². The molecule has 2 N–H and O–H groups in total. The van der Waals surface area contributed by atoms with Gasteiger partial charge in [0, 0.05) is 17.1 Å². The summed E-state index contributed by atoms with van der Waals surface area (Å²) >= 11 is 0. The lowest BCUT2D eigenvalue weighted by Gasteiger charge is -2.04. The molecule has 0 aliphatic rings. The van der Waals surface area contributed by atoms with Crippen LogP contribution in [0.2, 0.25) is 0 Å². The van der Waals surface area contributed by atoms with Gasteiger partial charge in [0.1, 0.15) is 5.75 Å². The number of aromatic nitrogens is 1. The summed E-state index contributed by atoms with van der Waals surface area (Å²) in [6, 6.07) is 15.7. The zero-order chi connectivity index (χ0) is 17.6. The number of aliphatic hydroxyl groups is 1. The SMILES string of the molecule is CC(O)CCC/C=C/c1ccc(-c2cc3ccc(O)cc3cn2)cc1. The fourth-order valence-electron chi connectivity index (χ4n) is 2.80. The molecule has 0 saturated carbocycles. The summed E-state index contributed by atoms with van der Waals surface area (Å²) in [6.07, 6.45) is 8.66. The third-order valence-electron chi connectivity index (χ3n) is 4.21. The molecule has 25 heavy (non-hydrogen) atoms. The third kappa shape index (κ3) is 4.68. The van der Waals surface area contributed by atoms with Crippen LogP contribution in [0.3, 0.4) is 0 Å². The standard InChI is InChI=1S/C22H23NO2/c1-16(24)5-3-2-4-6-17-7-9-18(10-8-17)22-14-19-11-12-21(25)13-20(19)15-23-22/h4,6-16,24-25H,2-3,5H2,1H3/b6-4+. The Balaban J connectivity index is 1.69. The molecule has 1 heterocycles. The first kappa shape index (κ1) is 17.2. The molecule has 0 radical (unpaired) electrons. The van der Waals surface area contributed by atoms with Crippen molar-refractivity contribution in [1.82, 2.24) is 4.98 Å². The van der Waals surface area contributed by atoms with E-state index < -0.39 is 0 Å². The molecule has 128 valence electrons. The van der Waals surface area contributed by atoms with E-state index in [0.717, 1.165) is 46.9 Å². The summed E-state index contributed by atoms with van der Waals surface area (Å²) in [5, 5.41) is 20.8. The van der Waals surface area contributed by atoms with Gasteiger partial charge in [0.25, 0.3) is 0 Å². The highest BCUT2D eigenvalue weighted by molar-refractivity contribution is 5.86. The van der Waals surface area contributed by atoms with Crippen LogP contribution in [0.5, 0.6) is 5.75 Å². The molecule has 0 fully saturated rings. The molecule has 0 aliphatic carbocycles. The molecule has 1 unspecified atom stereocenters. The molecule has 0 aliphatic heterocycles. The highest BCUT2D eigenvalue weighted by atomic mass is 16.3. The normalized spacial score (nSPS) is 12.7. The molecule has 0 amide bonds. The minimum atomic E-state index is -0.217. The Morgan fingerprint density at radius 1 is 1.04 bits per heavy atom. The number of rotatable bonds is 6. The van der Waals surface area contributed by atoms with E-state index in [2.05, 4.69) is 41.4 Å². The number of aromatic hydroxyl groups is 1. The van der Waals surface area contributed by atoms with Gasteiger partial charge in [-0.1, -0.05) is 42.5 Å². The Kier molecular flexibility index (Phi) is 5.46. The van der Waals surface area contributed by atoms with Gasteiger partial charge in [0.05, 0.1) is 11.8 Å². The van der Waals surface area contributed by atoms with E-state index in [-0.39, 0.29) is 11.9 Å². The predicted octanol–water partition coefficient (Wildman–Crippen LogP) is 5.17. The zero-order valence-corrected chi connectivity index (χ0v) is 14.4. The van der Waals surface area contributed by atoms with Crippen LogP contribution in [0.4, 0.5) is 0 Å². The van der Waals surface area contributed by atoms with Crippen LogP contribution in [0, 0.1) is 0 Å². The number of fused-ring (bicyclic) bond motifs is 1. The average Bonchev–Trinajstić information content (AvgIpc) is 2.61. The van der Waals surface area contributed by atoms with Gasteiger partial charge in [-0.2, -0.15) is 0 Å². The summed E-state index contributed by atoms with van der Waals surface area (Å²) in [6.45, 7) is 1.83. The lowest BCUT2D eigenvalue weighted by molar-refractivity contribution is 0.182. The topological polar surface area (TPSA) is 53.4 Å². The molecular formula is C22H23NO2. The van der Waals surface area contributed by atoms with E-state index in [4.69, 9.17) is 0 Å². The van der Waals surface area contributed by atoms with Crippen LogP contribution in [0.1, 0.15) is 31.7 Å². The molecule has 0 bridgehead atoms. The number of phenols is 1. The number of nitrogens with zero attached hydrogens (tertiary/aromatic N) is 1. The van der Waals surface area contributed by atoms with Crippen molar-refractivity contribution in [3.05, 3.63) is 66.4 Å². The van der Waals surface area contributed by atoms with Crippen LogP contribution in [-0.4, -0.2) is 21.3 Å². The van der Waals surface area contributed by atoms with Crippen molar-refractivity contribution in [3.8, 4) is 17.0 Å². The summed E-state index contributed by atoms with van der Waals surface area (Å²) in [4.78, 5) is 4.50. The van der Waals surface area contributed by atoms with E-state index in [1.54, 1.807) is 18.3 Å². The van der Waals surface area contributed by atoms with Crippen molar-refractivity contribution in [1.29, 1.82) is 0 Å². The second-order valence-electron chi connectivity index (χ2n) is 6.41. The maximum absolute atomic E-state index is 9.53. The Morgan fingerprint density at radius 3 is 2.60 bits per heavy atom. The smallest absolute Gasteiger partial charge is 0.116 e. The first-order chi connectivity index (χ1) is 12.1. The van der Waals surface area contributed by atoms with Gasteiger partial charge in [-0.25, -0.2) is 0 Å². The van der Waals surface area contributed by atoms with E-state index in [1.807, 2.05) is 19.1 Å². The minimum absolute atomic E-state index is 0.217.